The van der Waals surface area contributed by atoms with Crippen LogP contribution in [0.15, 0.2) is 41.2 Å². The van der Waals surface area contributed by atoms with Gasteiger partial charge in [0.25, 0.3) is 0 Å². The SMILES string of the molecule is COc1ccc(NC(C)c2ccoc2)cc1F. The Labute approximate surface area is 99.2 Å². The molecule has 90 valence electrons. The molecule has 0 saturated carbocycles. The quantitative estimate of drug-likeness (QED) is 0.879. The van der Waals surface area contributed by atoms with Gasteiger partial charge in [-0.3, -0.25) is 0 Å². The van der Waals surface area contributed by atoms with Gasteiger partial charge in [0, 0.05) is 17.3 Å². The molecule has 0 saturated heterocycles. The van der Waals surface area contributed by atoms with Gasteiger partial charge in [-0.2, -0.15) is 0 Å². The molecule has 1 aromatic heterocycles. The zero-order chi connectivity index (χ0) is 12.3. The van der Waals surface area contributed by atoms with Gasteiger partial charge in [0.05, 0.1) is 25.7 Å². The summed E-state index contributed by atoms with van der Waals surface area (Å²) in [6.07, 6.45) is 3.28. The van der Waals surface area contributed by atoms with Crippen molar-refractivity contribution < 1.29 is 13.5 Å². The summed E-state index contributed by atoms with van der Waals surface area (Å²) in [7, 11) is 1.44. The van der Waals surface area contributed by atoms with Gasteiger partial charge in [0.2, 0.25) is 0 Å². The van der Waals surface area contributed by atoms with E-state index >= 15 is 0 Å². The number of benzene rings is 1. The topological polar surface area (TPSA) is 34.4 Å². The van der Waals surface area contributed by atoms with Gasteiger partial charge in [-0.05, 0) is 25.1 Å². The third-order valence-corrected chi connectivity index (χ3v) is 2.58. The Morgan fingerprint density at radius 2 is 2.18 bits per heavy atom. The van der Waals surface area contributed by atoms with Crippen LogP contribution in [0.2, 0.25) is 0 Å². The Kier molecular flexibility index (Phi) is 3.32. The number of furan rings is 1. The van der Waals surface area contributed by atoms with E-state index in [9.17, 15) is 4.39 Å². The van der Waals surface area contributed by atoms with E-state index in [-0.39, 0.29) is 17.6 Å². The summed E-state index contributed by atoms with van der Waals surface area (Å²) in [6, 6.07) is 6.71. The van der Waals surface area contributed by atoms with Crippen LogP contribution >= 0.6 is 0 Å². The molecule has 0 fully saturated rings. The molecule has 0 bridgehead atoms. The molecule has 1 heterocycles. The lowest BCUT2D eigenvalue weighted by atomic mass is 10.1. The second kappa shape index (κ2) is 4.91. The third-order valence-electron chi connectivity index (χ3n) is 2.58. The highest BCUT2D eigenvalue weighted by molar-refractivity contribution is 5.48. The average Bonchev–Trinajstić information content (AvgIpc) is 2.82. The maximum atomic E-state index is 13.5. The van der Waals surface area contributed by atoms with Crippen molar-refractivity contribution in [3.05, 3.63) is 48.2 Å². The summed E-state index contributed by atoms with van der Waals surface area (Å²) >= 11 is 0. The van der Waals surface area contributed by atoms with Crippen LogP contribution in [0.3, 0.4) is 0 Å². The predicted octanol–water partition coefficient (Wildman–Crippen LogP) is 3.60. The first-order valence-corrected chi connectivity index (χ1v) is 5.33. The molecule has 1 unspecified atom stereocenters. The lowest BCUT2D eigenvalue weighted by Crippen LogP contribution is -2.05. The maximum Gasteiger partial charge on any atom is 0.167 e. The Morgan fingerprint density at radius 3 is 2.76 bits per heavy atom. The third kappa shape index (κ3) is 2.58. The Bertz CT molecular complexity index is 482. The fourth-order valence-electron chi connectivity index (χ4n) is 1.61. The summed E-state index contributed by atoms with van der Waals surface area (Å²) in [5.41, 5.74) is 1.72. The number of rotatable bonds is 4. The monoisotopic (exact) mass is 235 g/mol. The van der Waals surface area contributed by atoms with Gasteiger partial charge >= 0.3 is 0 Å². The van der Waals surface area contributed by atoms with E-state index in [0.717, 1.165) is 5.56 Å². The molecule has 4 heteroatoms. The zero-order valence-electron chi connectivity index (χ0n) is 9.74. The largest absolute Gasteiger partial charge is 0.494 e. The minimum atomic E-state index is -0.378. The number of hydrogen-bond donors (Lipinski definition) is 1. The second-order valence-corrected chi connectivity index (χ2v) is 3.77. The van der Waals surface area contributed by atoms with Crippen molar-refractivity contribution in [3.63, 3.8) is 0 Å². The highest BCUT2D eigenvalue weighted by atomic mass is 19.1. The van der Waals surface area contributed by atoms with Crippen LogP contribution in [0, 0.1) is 5.82 Å². The summed E-state index contributed by atoms with van der Waals surface area (Å²) < 4.78 is 23.3. The van der Waals surface area contributed by atoms with E-state index in [2.05, 4.69) is 5.32 Å². The minimum absolute atomic E-state index is 0.0570. The standard InChI is InChI=1S/C13H14FNO2/c1-9(10-5-6-17-8-10)15-11-3-4-13(16-2)12(14)7-11/h3-9,15H,1-2H3. The molecule has 1 aromatic carbocycles. The van der Waals surface area contributed by atoms with E-state index in [1.54, 1.807) is 24.7 Å². The first-order valence-electron chi connectivity index (χ1n) is 5.33. The van der Waals surface area contributed by atoms with Crippen LogP contribution in [0.4, 0.5) is 10.1 Å². The number of hydrogen-bond acceptors (Lipinski definition) is 3. The molecular formula is C13H14FNO2. The molecule has 0 spiro atoms. The summed E-state index contributed by atoms with van der Waals surface area (Å²) in [6.45, 7) is 1.98. The predicted molar refractivity (Wildman–Crippen MR) is 63.7 cm³/mol. The Balaban J connectivity index is 2.11. The van der Waals surface area contributed by atoms with Crippen molar-refractivity contribution in [2.24, 2.45) is 0 Å². The maximum absolute atomic E-state index is 13.5. The van der Waals surface area contributed by atoms with Crippen LogP contribution in [0.1, 0.15) is 18.5 Å². The smallest absolute Gasteiger partial charge is 0.167 e. The molecule has 1 atom stereocenters. The number of methoxy groups -OCH3 is 1. The second-order valence-electron chi connectivity index (χ2n) is 3.77. The number of halogens is 1. The summed E-state index contributed by atoms with van der Waals surface area (Å²) in [5.74, 6) is -0.136. The van der Waals surface area contributed by atoms with Crippen LogP contribution in [-0.4, -0.2) is 7.11 Å². The normalized spacial score (nSPS) is 12.2. The van der Waals surface area contributed by atoms with E-state index < -0.39 is 0 Å². The number of nitrogens with one attached hydrogen (secondary N) is 1. The van der Waals surface area contributed by atoms with Crippen molar-refractivity contribution in [2.75, 3.05) is 12.4 Å². The molecule has 0 aliphatic carbocycles. The lowest BCUT2D eigenvalue weighted by Gasteiger charge is -2.14. The van der Waals surface area contributed by atoms with E-state index in [0.29, 0.717) is 5.69 Å². The van der Waals surface area contributed by atoms with E-state index in [1.807, 2.05) is 13.0 Å². The van der Waals surface area contributed by atoms with Gasteiger partial charge in [-0.25, -0.2) is 4.39 Å². The van der Waals surface area contributed by atoms with Gasteiger partial charge in [-0.15, -0.1) is 0 Å². The first kappa shape index (κ1) is 11.5. The molecule has 0 amide bonds. The van der Waals surface area contributed by atoms with Crippen molar-refractivity contribution in [1.29, 1.82) is 0 Å². The van der Waals surface area contributed by atoms with Gasteiger partial charge < -0.3 is 14.5 Å². The van der Waals surface area contributed by atoms with Gasteiger partial charge in [0.15, 0.2) is 11.6 Å². The first-order chi connectivity index (χ1) is 8.20. The van der Waals surface area contributed by atoms with E-state index in [4.69, 9.17) is 9.15 Å². The van der Waals surface area contributed by atoms with E-state index in [1.165, 1.54) is 13.2 Å². The molecule has 3 nitrogen and oxygen atoms in total. The fourth-order valence-corrected chi connectivity index (χ4v) is 1.61. The highest BCUT2D eigenvalue weighted by Gasteiger charge is 2.08. The number of ether oxygens (including phenoxy) is 1. The molecule has 2 aromatic rings. The Hall–Kier alpha value is -1.97. The van der Waals surface area contributed by atoms with Crippen LogP contribution in [0.25, 0.3) is 0 Å². The molecule has 17 heavy (non-hydrogen) atoms. The van der Waals surface area contributed by atoms with Gasteiger partial charge in [-0.1, -0.05) is 0 Å². The molecule has 0 radical (unpaired) electrons. The van der Waals surface area contributed by atoms with Crippen LogP contribution in [-0.2, 0) is 0 Å². The molecule has 2 rings (SSSR count). The summed E-state index contributed by atoms with van der Waals surface area (Å²) in [5, 5.41) is 3.18. The Morgan fingerprint density at radius 1 is 1.35 bits per heavy atom. The van der Waals surface area contributed by atoms with Crippen LogP contribution in [0.5, 0.6) is 5.75 Å². The van der Waals surface area contributed by atoms with Crippen molar-refractivity contribution in [3.8, 4) is 5.75 Å². The zero-order valence-corrected chi connectivity index (χ0v) is 9.74. The van der Waals surface area contributed by atoms with Crippen LogP contribution < -0.4 is 10.1 Å². The lowest BCUT2D eigenvalue weighted by molar-refractivity contribution is 0.386. The fraction of sp³-hybridized carbons (Fsp3) is 0.231. The molecule has 0 aliphatic rings. The molecule has 0 aliphatic heterocycles. The van der Waals surface area contributed by atoms with Crippen molar-refractivity contribution in [2.45, 2.75) is 13.0 Å². The average molecular weight is 235 g/mol. The highest BCUT2D eigenvalue weighted by Crippen LogP contribution is 2.24. The molecule has 1 N–H and O–H groups in total. The van der Waals surface area contributed by atoms with Crippen molar-refractivity contribution >= 4 is 5.69 Å². The van der Waals surface area contributed by atoms with Crippen molar-refractivity contribution in [1.82, 2.24) is 0 Å². The number of anilines is 1. The van der Waals surface area contributed by atoms with Gasteiger partial charge in [0.1, 0.15) is 0 Å². The minimum Gasteiger partial charge on any atom is -0.494 e. The summed E-state index contributed by atoms with van der Waals surface area (Å²) in [4.78, 5) is 0. The molecular weight excluding hydrogens is 221 g/mol.